The summed E-state index contributed by atoms with van der Waals surface area (Å²) in [7, 11) is 0. The predicted octanol–water partition coefficient (Wildman–Crippen LogP) is 2.44. The highest BCUT2D eigenvalue weighted by Crippen LogP contribution is 2.19. The minimum Gasteiger partial charge on any atom is -0.329 e. The van der Waals surface area contributed by atoms with E-state index in [-0.39, 0.29) is 18.3 Å². The number of thiophene rings is 1. The number of hydrogen-bond acceptors (Lipinski definition) is 2. The molecule has 0 spiro atoms. The van der Waals surface area contributed by atoms with Gasteiger partial charge >= 0.3 is 0 Å². The Hall–Kier alpha value is -1.06. The van der Waals surface area contributed by atoms with Crippen molar-refractivity contribution < 1.29 is 4.79 Å². The van der Waals surface area contributed by atoms with Gasteiger partial charge in [-0.2, -0.15) is 0 Å². The summed E-state index contributed by atoms with van der Waals surface area (Å²) in [5.41, 5.74) is 0.751. The Morgan fingerprint density at radius 1 is 1.31 bits per heavy atom. The highest BCUT2D eigenvalue weighted by Gasteiger charge is 2.09. The fourth-order valence-corrected chi connectivity index (χ4v) is 1.83. The van der Waals surface area contributed by atoms with Gasteiger partial charge in [-0.15, -0.1) is 23.7 Å². The number of fused-ring (bicyclic) bond motifs is 1. The lowest BCUT2D eigenvalue weighted by Crippen LogP contribution is -2.17. The van der Waals surface area contributed by atoms with Crippen LogP contribution >= 0.6 is 23.7 Å². The van der Waals surface area contributed by atoms with Crippen molar-refractivity contribution >= 4 is 35.7 Å². The highest BCUT2D eigenvalue weighted by molar-refractivity contribution is 7.11. The van der Waals surface area contributed by atoms with Crippen molar-refractivity contribution in [3.05, 3.63) is 40.2 Å². The lowest BCUT2D eigenvalue weighted by molar-refractivity contribution is 0.0970. The summed E-state index contributed by atoms with van der Waals surface area (Å²) in [6.45, 7) is 0. The molecule has 0 atom stereocenters. The molecule has 13 heavy (non-hydrogen) atoms. The summed E-state index contributed by atoms with van der Waals surface area (Å²) >= 11 is 1.57. The van der Waals surface area contributed by atoms with Crippen LogP contribution in [0, 0.1) is 0 Å². The molecule has 0 bridgehead atoms. The van der Waals surface area contributed by atoms with Gasteiger partial charge in [0.1, 0.15) is 0 Å². The van der Waals surface area contributed by atoms with Crippen molar-refractivity contribution in [3.63, 3.8) is 0 Å². The highest BCUT2D eigenvalue weighted by atomic mass is 35.5. The average molecular weight is 214 g/mol. The molecule has 1 aromatic heterocycles. The number of halogens is 1. The van der Waals surface area contributed by atoms with Gasteiger partial charge in [-0.05, 0) is 23.6 Å². The average Bonchev–Trinajstić information content (AvgIpc) is 2.47. The molecule has 68 valence electrons. The number of rotatable bonds is 0. The molecule has 1 aromatic rings. The zero-order chi connectivity index (χ0) is 8.39. The molecule has 0 saturated heterocycles. The van der Waals surface area contributed by atoms with Gasteiger partial charge in [-0.3, -0.25) is 4.79 Å². The normalized spacial score (nSPS) is 18.6. The summed E-state index contributed by atoms with van der Waals surface area (Å²) < 4.78 is 0. The van der Waals surface area contributed by atoms with Crippen molar-refractivity contribution in [2.24, 2.45) is 0 Å². The molecule has 2 nitrogen and oxygen atoms in total. The molecular formula is C9H8ClNOS. The van der Waals surface area contributed by atoms with E-state index in [0.717, 1.165) is 10.4 Å². The lowest BCUT2D eigenvalue weighted by Gasteiger charge is -2.00. The van der Waals surface area contributed by atoms with Crippen molar-refractivity contribution in [2.45, 2.75) is 0 Å². The summed E-state index contributed by atoms with van der Waals surface area (Å²) in [6, 6.07) is 1.83. The first-order valence-corrected chi connectivity index (χ1v) is 4.47. The van der Waals surface area contributed by atoms with E-state index in [1.807, 2.05) is 23.6 Å². The Bertz CT molecular complexity index is 367. The SMILES string of the molecule is Cl.O=C1N/C=C\C=C/c2sccc21. The van der Waals surface area contributed by atoms with Gasteiger partial charge in [0.25, 0.3) is 5.91 Å². The van der Waals surface area contributed by atoms with Gasteiger partial charge in [0, 0.05) is 11.1 Å². The third kappa shape index (κ3) is 1.99. The van der Waals surface area contributed by atoms with E-state index in [0.29, 0.717) is 0 Å². The predicted molar refractivity (Wildman–Crippen MR) is 57.2 cm³/mol. The first kappa shape index (κ1) is 10.0. The third-order valence-corrected chi connectivity index (χ3v) is 2.49. The van der Waals surface area contributed by atoms with Gasteiger partial charge in [-0.1, -0.05) is 6.08 Å². The zero-order valence-corrected chi connectivity index (χ0v) is 8.32. The zero-order valence-electron chi connectivity index (χ0n) is 6.69. The van der Waals surface area contributed by atoms with E-state index < -0.39 is 0 Å². The largest absolute Gasteiger partial charge is 0.329 e. The van der Waals surface area contributed by atoms with E-state index in [1.165, 1.54) is 0 Å². The number of carbonyl (C=O) groups excluding carboxylic acids is 1. The number of hydrogen-bond donors (Lipinski definition) is 1. The Labute approximate surface area is 86.4 Å². The summed E-state index contributed by atoms with van der Waals surface area (Å²) in [5.74, 6) is -0.0353. The molecule has 2 rings (SSSR count). The first-order valence-electron chi connectivity index (χ1n) is 3.59. The summed E-state index contributed by atoms with van der Waals surface area (Å²) in [5, 5.41) is 4.58. The fourth-order valence-electron chi connectivity index (χ4n) is 1.04. The van der Waals surface area contributed by atoms with Crippen LogP contribution in [0.5, 0.6) is 0 Å². The number of nitrogens with one attached hydrogen (secondary N) is 1. The van der Waals surface area contributed by atoms with E-state index in [9.17, 15) is 4.79 Å². The molecule has 1 aliphatic rings. The second-order valence-electron chi connectivity index (χ2n) is 2.39. The van der Waals surface area contributed by atoms with Gasteiger partial charge < -0.3 is 5.32 Å². The Morgan fingerprint density at radius 2 is 2.15 bits per heavy atom. The van der Waals surface area contributed by atoms with E-state index in [4.69, 9.17) is 0 Å². The van der Waals surface area contributed by atoms with Gasteiger partial charge in [0.15, 0.2) is 0 Å². The summed E-state index contributed by atoms with van der Waals surface area (Å²) in [4.78, 5) is 12.3. The Balaban J connectivity index is 0.000000845. The molecule has 1 amide bonds. The van der Waals surface area contributed by atoms with E-state index in [1.54, 1.807) is 23.6 Å². The number of allylic oxidation sites excluding steroid dienone is 2. The molecular weight excluding hydrogens is 206 g/mol. The van der Waals surface area contributed by atoms with Crippen LogP contribution in [0.1, 0.15) is 15.2 Å². The van der Waals surface area contributed by atoms with Crippen molar-refractivity contribution in [1.29, 1.82) is 0 Å². The van der Waals surface area contributed by atoms with Crippen LogP contribution in [0.15, 0.2) is 29.8 Å². The molecule has 4 heteroatoms. The minimum atomic E-state index is -0.0353. The smallest absolute Gasteiger partial charge is 0.256 e. The van der Waals surface area contributed by atoms with E-state index in [2.05, 4.69) is 5.32 Å². The van der Waals surface area contributed by atoms with Gasteiger partial charge in [0.05, 0.1) is 5.56 Å². The third-order valence-electron chi connectivity index (χ3n) is 1.61. The lowest BCUT2D eigenvalue weighted by atomic mass is 10.2. The van der Waals surface area contributed by atoms with Crippen LogP contribution in [0.25, 0.3) is 6.08 Å². The second-order valence-corrected chi connectivity index (χ2v) is 3.34. The van der Waals surface area contributed by atoms with Gasteiger partial charge in [0.2, 0.25) is 0 Å². The Kier molecular flexibility index (Phi) is 3.28. The van der Waals surface area contributed by atoms with Crippen LogP contribution in [0.3, 0.4) is 0 Å². The molecule has 0 aliphatic carbocycles. The molecule has 2 heterocycles. The fraction of sp³-hybridized carbons (Fsp3) is 0. The molecule has 1 aliphatic heterocycles. The monoisotopic (exact) mass is 213 g/mol. The number of amides is 1. The Morgan fingerprint density at radius 3 is 3.00 bits per heavy atom. The maximum Gasteiger partial charge on any atom is 0.256 e. The molecule has 1 N–H and O–H groups in total. The van der Waals surface area contributed by atoms with Crippen LogP contribution in [0.4, 0.5) is 0 Å². The van der Waals surface area contributed by atoms with Crippen LogP contribution < -0.4 is 5.32 Å². The molecule has 0 fully saturated rings. The van der Waals surface area contributed by atoms with Crippen LogP contribution in [-0.4, -0.2) is 5.91 Å². The topological polar surface area (TPSA) is 29.1 Å². The van der Waals surface area contributed by atoms with Crippen LogP contribution in [-0.2, 0) is 0 Å². The van der Waals surface area contributed by atoms with E-state index >= 15 is 0 Å². The number of carbonyl (C=O) groups is 1. The minimum absolute atomic E-state index is 0. The van der Waals surface area contributed by atoms with Crippen molar-refractivity contribution in [1.82, 2.24) is 5.32 Å². The van der Waals surface area contributed by atoms with Crippen molar-refractivity contribution in [3.8, 4) is 0 Å². The summed E-state index contributed by atoms with van der Waals surface area (Å²) in [6.07, 6.45) is 7.30. The first-order chi connectivity index (χ1) is 5.88. The molecule has 0 saturated carbocycles. The van der Waals surface area contributed by atoms with Gasteiger partial charge in [-0.25, -0.2) is 0 Å². The molecule has 0 radical (unpaired) electrons. The second kappa shape index (κ2) is 4.25. The maximum absolute atomic E-state index is 11.3. The van der Waals surface area contributed by atoms with Crippen molar-refractivity contribution in [2.75, 3.05) is 0 Å². The maximum atomic E-state index is 11.3. The van der Waals surface area contributed by atoms with Crippen LogP contribution in [0.2, 0.25) is 0 Å². The quantitative estimate of drug-likeness (QED) is 0.705. The molecule has 0 aromatic carbocycles. The molecule has 0 unspecified atom stereocenters. The standard InChI is InChI=1S/C9H7NOS.ClH/c11-9-7-4-6-12-8(7)3-1-2-5-10-9;/h1-6H,(H,10,11);1H.